The predicted octanol–water partition coefficient (Wildman–Crippen LogP) is 0.0321. The number of ether oxygens (including phenoxy) is 2. The van der Waals surface area contributed by atoms with E-state index in [-0.39, 0.29) is 11.6 Å². The molecule has 0 atom stereocenters. The van der Waals surface area contributed by atoms with Gasteiger partial charge in [-0.2, -0.15) is 0 Å². The van der Waals surface area contributed by atoms with Gasteiger partial charge in [0.15, 0.2) is 11.5 Å². The molecule has 2 aromatic carbocycles. The summed E-state index contributed by atoms with van der Waals surface area (Å²) in [6.07, 6.45) is 0. The fraction of sp³-hybridized carbons (Fsp3) is 0.400. The Labute approximate surface area is 153 Å². The number of halogens is 1. The number of benzene rings is 2. The fourth-order valence-corrected chi connectivity index (χ4v) is 3.54. The van der Waals surface area contributed by atoms with E-state index in [1.165, 1.54) is 27.5 Å². The Kier molecular flexibility index (Phi) is 5.96. The van der Waals surface area contributed by atoms with Gasteiger partial charge in [-0.3, -0.25) is 0 Å². The molecule has 1 saturated heterocycles. The zero-order chi connectivity index (χ0) is 18.5. The van der Waals surface area contributed by atoms with E-state index in [0.717, 1.165) is 44.8 Å². The Hall–Kier alpha value is -2.31. The number of nitrogens with one attached hydrogen (secondary N) is 2. The number of aromatic hydroxyl groups is 1. The SMILES string of the molecule is COc1cc(C[NH+]2CC[NH+](Cc3ccc(F)cc3)CC2)cc(OC)c1O. The smallest absolute Gasteiger partial charge is 0.200 e. The van der Waals surface area contributed by atoms with Crippen LogP contribution in [0.15, 0.2) is 36.4 Å². The number of quaternary nitrogens is 2. The van der Waals surface area contributed by atoms with Gasteiger partial charge in [-0.05, 0) is 24.3 Å². The third-order valence-electron chi connectivity index (χ3n) is 5.03. The van der Waals surface area contributed by atoms with Crippen LogP contribution in [0.25, 0.3) is 0 Å². The van der Waals surface area contributed by atoms with Crippen molar-refractivity contribution in [2.24, 2.45) is 0 Å². The summed E-state index contributed by atoms with van der Waals surface area (Å²) in [5, 5.41) is 10.0. The second-order valence-corrected chi connectivity index (χ2v) is 6.83. The fourth-order valence-electron chi connectivity index (χ4n) is 3.54. The average molecular weight is 362 g/mol. The molecule has 0 spiro atoms. The first-order chi connectivity index (χ1) is 12.6. The molecule has 0 saturated carbocycles. The van der Waals surface area contributed by atoms with E-state index < -0.39 is 0 Å². The molecule has 0 bridgehead atoms. The number of methoxy groups -OCH3 is 2. The monoisotopic (exact) mass is 362 g/mol. The highest BCUT2D eigenvalue weighted by Gasteiger charge is 2.24. The van der Waals surface area contributed by atoms with Gasteiger partial charge < -0.3 is 24.4 Å². The molecular formula is C20H27FN2O3+2. The molecule has 140 valence electrons. The molecule has 3 rings (SSSR count). The van der Waals surface area contributed by atoms with Crippen LogP contribution in [0.4, 0.5) is 4.39 Å². The van der Waals surface area contributed by atoms with Crippen molar-refractivity contribution < 1.29 is 28.8 Å². The van der Waals surface area contributed by atoms with Crippen molar-refractivity contribution in [3.05, 3.63) is 53.3 Å². The number of hydrogen-bond donors (Lipinski definition) is 3. The zero-order valence-electron chi connectivity index (χ0n) is 15.3. The Morgan fingerprint density at radius 1 is 0.846 bits per heavy atom. The van der Waals surface area contributed by atoms with Crippen molar-refractivity contribution in [3.63, 3.8) is 0 Å². The van der Waals surface area contributed by atoms with Crippen LogP contribution in [0.2, 0.25) is 0 Å². The summed E-state index contributed by atoms with van der Waals surface area (Å²) in [5.41, 5.74) is 2.27. The van der Waals surface area contributed by atoms with Crippen molar-refractivity contribution in [3.8, 4) is 17.2 Å². The molecular weight excluding hydrogens is 335 g/mol. The van der Waals surface area contributed by atoms with Crippen molar-refractivity contribution in [1.29, 1.82) is 0 Å². The maximum absolute atomic E-state index is 13.0. The van der Waals surface area contributed by atoms with Crippen LogP contribution >= 0.6 is 0 Å². The molecule has 0 radical (unpaired) electrons. The van der Waals surface area contributed by atoms with E-state index in [2.05, 4.69) is 0 Å². The van der Waals surface area contributed by atoms with Crippen LogP contribution in [0, 0.1) is 5.82 Å². The van der Waals surface area contributed by atoms with Crippen molar-refractivity contribution >= 4 is 0 Å². The lowest BCUT2D eigenvalue weighted by Gasteiger charge is -2.30. The second-order valence-electron chi connectivity index (χ2n) is 6.83. The summed E-state index contributed by atoms with van der Waals surface area (Å²) >= 11 is 0. The molecule has 1 fully saturated rings. The molecule has 0 aromatic heterocycles. The van der Waals surface area contributed by atoms with Crippen LogP contribution in [-0.2, 0) is 13.1 Å². The standard InChI is InChI=1S/C20H25FN2O3/c1-25-18-11-16(12-19(26-2)20(18)24)14-23-9-7-22(8-10-23)13-15-3-5-17(21)6-4-15/h3-6,11-12,24H,7-10,13-14H2,1-2H3/p+2. The first kappa shape index (κ1) is 18.5. The highest BCUT2D eigenvalue weighted by Crippen LogP contribution is 2.36. The van der Waals surface area contributed by atoms with E-state index >= 15 is 0 Å². The van der Waals surface area contributed by atoms with Gasteiger partial charge in [-0.25, -0.2) is 4.39 Å². The molecule has 1 heterocycles. The lowest BCUT2D eigenvalue weighted by atomic mass is 10.1. The van der Waals surface area contributed by atoms with Crippen LogP contribution in [0.5, 0.6) is 17.2 Å². The van der Waals surface area contributed by atoms with Crippen LogP contribution < -0.4 is 19.3 Å². The van der Waals surface area contributed by atoms with Gasteiger partial charge in [-0.1, -0.05) is 12.1 Å². The summed E-state index contributed by atoms with van der Waals surface area (Å²) in [4.78, 5) is 3.03. The van der Waals surface area contributed by atoms with Gasteiger partial charge in [0.05, 0.1) is 14.2 Å². The Balaban J connectivity index is 1.56. The minimum Gasteiger partial charge on any atom is -0.502 e. The molecule has 1 aliphatic rings. The third kappa shape index (κ3) is 4.45. The first-order valence-corrected chi connectivity index (χ1v) is 8.94. The van der Waals surface area contributed by atoms with Crippen molar-refractivity contribution in [1.82, 2.24) is 0 Å². The van der Waals surface area contributed by atoms with E-state index in [1.807, 2.05) is 24.3 Å². The molecule has 6 heteroatoms. The molecule has 0 aliphatic carbocycles. The largest absolute Gasteiger partial charge is 0.502 e. The van der Waals surface area contributed by atoms with Gasteiger partial charge >= 0.3 is 0 Å². The lowest BCUT2D eigenvalue weighted by Crippen LogP contribution is -3.27. The lowest BCUT2D eigenvalue weighted by molar-refractivity contribution is -1.02. The molecule has 3 N–H and O–H groups in total. The Morgan fingerprint density at radius 2 is 1.31 bits per heavy atom. The molecule has 2 aromatic rings. The van der Waals surface area contributed by atoms with E-state index in [4.69, 9.17) is 9.47 Å². The molecule has 5 nitrogen and oxygen atoms in total. The maximum atomic E-state index is 13.0. The summed E-state index contributed by atoms with van der Waals surface area (Å²) in [6.45, 7) is 6.12. The van der Waals surface area contributed by atoms with E-state index in [9.17, 15) is 9.50 Å². The minimum absolute atomic E-state index is 0.0438. The predicted molar refractivity (Wildman–Crippen MR) is 96.4 cm³/mol. The van der Waals surface area contributed by atoms with E-state index in [0.29, 0.717) is 11.5 Å². The van der Waals surface area contributed by atoms with Gasteiger partial charge in [0.2, 0.25) is 5.75 Å². The molecule has 1 aliphatic heterocycles. The van der Waals surface area contributed by atoms with Crippen molar-refractivity contribution in [2.75, 3.05) is 40.4 Å². The van der Waals surface area contributed by atoms with Gasteiger partial charge in [0.1, 0.15) is 45.1 Å². The molecule has 0 unspecified atom stereocenters. The third-order valence-corrected chi connectivity index (χ3v) is 5.03. The molecule has 0 amide bonds. The van der Waals surface area contributed by atoms with Crippen LogP contribution in [0.1, 0.15) is 11.1 Å². The van der Waals surface area contributed by atoms with Gasteiger partial charge in [0.25, 0.3) is 0 Å². The minimum atomic E-state index is -0.183. The summed E-state index contributed by atoms with van der Waals surface area (Å²) in [5.74, 6) is 0.749. The van der Waals surface area contributed by atoms with Crippen molar-refractivity contribution in [2.45, 2.75) is 13.1 Å². The number of piperazine rings is 1. The Morgan fingerprint density at radius 3 is 1.77 bits per heavy atom. The highest BCUT2D eigenvalue weighted by molar-refractivity contribution is 5.52. The molecule has 26 heavy (non-hydrogen) atoms. The average Bonchev–Trinajstić information content (AvgIpc) is 2.66. The topological polar surface area (TPSA) is 47.6 Å². The van der Waals surface area contributed by atoms with Gasteiger partial charge in [0, 0.05) is 11.1 Å². The van der Waals surface area contributed by atoms with E-state index in [1.54, 1.807) is 14.2 Å². The number of rotatable bonds is 6. The summed E-state index contributed by atoms with van der Waals surface area (Å²) in [6, 6.07) is 10.6. The van der Waals surface area contributed by atoms with Gasteiger partial charge in [-0.15, -0.1) is 0 Å². The number of phenols is 1. The highest BCUT2D eigenvalue weighted by atomic mass is 19.1. The maximum Gasteiger partial charge on any atom is 0.200 e. The number of phenolic OH excluding ortho intramolecular Hbond substituents is 1. The van der Waals surface area contributed by atoms with Crippen LogP contribution in [-0.4, -0.2) is 45.5 Å². The second kappa shape index (κ2) is 8.38. The Bertz CT molecular complexity index is 703. The quantitative estimate of drug-likeness (QED) is 0.680. The first-order valence-electron chi connectivity index (χ1n) is 8.94. The zero-order valence-corrected chi connectivity index (χ0v) is 15.3. The summed E-state index contributed by atoms with van der Waals surface area (Å²) in [7, 11) is 3.09. The van der Waals surface area contributed by atoms with Crippen LogP contribution in [0.3, 0.4) is 0 Å². The number of hydrogen-bond acceptors (Lipinski definition) is 3. The normalized spacial score (nSPS) is 20.0. The summed E-state index contributed by atoms with van der Waals surface area (Å²) < 4.78 is 23.5.